The lowest BCUT2D eigenvalue weighted by Crippen LogP contribution is -2.59. The van der Waals surface area contributed by atoms with Crippen molar-refractivity contribution in [2.75, 3.05) is 27.3 Å². The van der Waals surface area contributed by atoms with Crippen LogP contribution in [0.25, 0.3) is 0 Å². The highest BCUT2D eigenvalue weighted by molar-refractivity contribution is 9.10. The monoisotopic (exact) mass is 1430 g/mol. The Morgan fingerprint density at radius 1 is 0.618 bits per heavy atom. The van der Waals surface area contributed by atoms with E-state index in [0.29, 0.717) is 10.9 Å². The van der Waals surface area contributed by atoms with Gasteiger partial charge in [-0.1, -0.05) is 85.6 Å². The highest BCUT2D eigenvalue weighted by atomic mass is 79.9. The van der Waals surface area contributed by atoms with Gasteiger partial charge in [-0.25, -0.2) is 27.6 Å². The Balaban J connectivity index is 0.000000247. The van der Waals surface area contributed by atoms with Crippen molar-refractivity contribution in [3.05, 3.63) is 82.8 Å². The number of aliphatic hydroxyl groups is 1. The van der Waals surface area contributed by atoms with Gasteiger partial charge >= 0.3 is 24.1 Å². The first-order chi connectivity index (χ1) is 41.5. The molecular formula is C60H81Br2ClN6O18S2. The number of nitrogens with zero attached hydrogens (tertiary/aromatic N) is 2. The van der Waals surface area contributed by atoms with Crippen LogP contribution in [-0.4, -0.2) is 166 Å². The summed E-state index contributed by atoms with van der Waals surface area (Å²) in [4.78, 5) is 108. The van der Waals surface area contributed by atoms with Crippen LogP contribution in [0.1, 0.15) is 119 Å². The van der Waals surface area contributed by atoms with E-state index < -0.39 is 125 Å². The Kier molecular flexibility index (Phi) is 24.2. The van der Waals surface area contributed by atoms with Gasteiger partial charge < -0.3 is 55.1 Å². The summed E-state index contributed by atoms with van der Waals surface area (Å²) in [5.41, 5.74) is -4.04. The molecule has 8 rings (SSSR count). The molecule has 6 fully saturated rings. The van der Waals surface area contributed by atoms with Crippen LogP contribution in [0.2, 0.25) is 0 Å². The molecule has 0 spiro atoms. The minimum absolute atomic E-state index is 0.0248. The van der Waals surface area contributed by atoms with E-state index in [1.807, 2.05) is 0 Å². The number of nitrogens with one attached hydrogen (secondary N) is 4. The quantitative estimate of drug-likeness (QED) is 0.0327. The van der Waals surface area contributed by atoms with Gasteiger partial charge in [0.05, 0.1) is 36.2 Å². The summed E-state index contributed by atoms with van der Waals surface area (Å²) < 4.78 is 75.4. The Morgan fingerprint density at radius 3 is 1.34 bits per heavy atom. The SMILES string of the molecule is C=CC1C[C@]1(NC(=O)[C@@H]1C[C@H](O)CN1C(=O)[C@@H](NC(=O)OC1CCCC1)C(C)(C)C)C(=O)OC.C=CC1C[C@]1(NC(=O)[C@@H]1C[C@H](OS(=O)(=O)c2ccc(Br)cc2)CN1C(=O)[C@@H](NC(=O)OC1CCCC1)C(C)(C)C)C(=O)OC.O=S(=O)(Cl)c1ccc(Br)cc1. The van der Waals surface area contributed by atoms with Crippen LogP contribution in [-0.2, 0) is 71.1 Å². The number of hydrogen-bond acceptors (Lipinski definition) is 18. The Labute approximate surface area is 541 Å². The van der Waals surface area contributed by atoms with Crippen LogP contribution in [0.15, 0.2) is 92.6 Å². The Bertz CT molecular complexity index is 3190. The highest BCUT2D eigenvalue weighted by Crippen LogP contribution is 2.47. The van der Waals surface area contributed by atoms with Crippen molar-refractivity contribution in [2.45, 2.75) is 188 Å². The summed E-state index contributed by atoms with van der Waals surface area (Å²) in [7, 11) is -0.307. The van der Waals surface area contributed by atoms with Crippen LogP contribution in [0, 0.1) is 22.7 Å². The maximum atomic E-state index is 14.1. The van der Waals surface area contributed by atoms with E-state index >= 15 is 0 Å². The molecule has 2 aromatic carbocycles. The molecule has 0 bridgehead atoms. The number of aliphatic hydroxyl groups excluding tert-OH is 1. The van der Waals surface area contributed by atoms with Gasteiger partial charge in [-0.3, -0.25) is 23.4 Å². The lowest BCUT2D eigenvalue weighted by molar-refractivity contribution is -0.149. The van der Waals surface area contributed by atoms with E-state index in [1.165, 1.54) is 48.3 Å². The highest BCUT2D eigenvalue weighted by Gasteiger charge is 2.63. The molecule has 4 saturated carbocycles. The molecule has 5 N–H and O–H groups in total. The number of methoxy groups -OCH3 is 2. The molecule has 2 saturated heterocycles. The lowest BCUT2D eigenvalue weighted by Gasteiger charge is -2.35. The fraction of sp³-hybridized carbons (Fsp3) is 0.600. The third-order valence-electron chi connectivity index (χ3n) is 16.5. The number of β-amino-alcohol motifs (C(OH)–C–C–N with tert-alkyl or cyclic N) is 1. The molecule has 492 valence electrons. The molecule has 10 atom stereocenters. The lowest BCUT2D eigenvalue weighted by atomic mass is 9.85. The predicted molar refractivity (Wildman–Crippen MR) is 332 cm³/mol. The first-order valence-electron chi connectivity index (χ1n) is 29.2. The number of esters is 2. The normalized spacial score (nSPS) is 25.7. The van der Waals surface area contributed by atoms with E-state index in [1.54, 1.807) is 78.0 Å². The van der Waals surface area contributed by atoms with Gasteiger partial charge in [0.25, 0.3) is 19.2 Å². The smallest absolute Gasteiger partial charge is 0.408 e. The molecule has 24 nitrogen and oxygen atoms in total. The summed E-state index contributed by atoms with van der Waals surface area (Å²) in [6.45, 7) is 17.8. The van der Waals surface area contributed by atoms with Crippen molar-refractivity contribution in [1.82, 2.24) is 31.1 Å². The van der Waals surface area contributed by atoms with Crippen LogP contribution in [0.4, 0.5) is 9.59 Å². The maximum Gasteiger partial charge on any atom is 0.408 e. The minimum Gasteiger partial charge on any atom is -0.467 e. The molecule has 29 heteroatoms. The maximum absolute atomic E-state index is 14.1. The number of amides is 6. The molecule has 2 unspecified atom stereocenters. The number of hydrogen-bond donors (Lipinski definition) is 5. The first-order valence-corrected chi connectivity index (χ1v) is 34.5. The largest absolute Gasteiger partial charge is 0.467 e. The van der Waals surface area contributed by atoms with Crippen molar-refractivity contribution in [1.29, 1.82) is 0 Å². The average molecular weight is 1430 g/mol. The molecule has 0 radical (unpaired) electrons. The van der Waals surface area contributed by atoms with Crippen molar-refractivity contribution in [3.63, 3.8) is 0 Å². The predicted octanol–water partition coefficient (Wildman–Crippen LogP) is 7.08. The first kappa shape index (κ1) is 72.4. The molecule has 6 amide bonds. The van der Waals surface area contributed by atoms with E-state index in [4.69, 9.17) is 33.8 Å². The van der Waals surface area contributed by atoms with Gasteiger partial charge in [-0.15, -0.1) is 13.2 Å². The summed E-state index contributed by atoms with van der Waals surface area (Å²) in [5, 5.41) is 21.1. The number of benzene rings is 2. The van der Waals surface area contributed by atoms with Gasteiger partial charge in [0, 0.05) is 57.4 Å². The minimum atomic E-state index is -4.26. The number of alkyl carbamates (subject to hydrolysis) is 2. The van der Waals surface area contributed by atoms with Crippen LogP contribution in [0.3, 0.4) is 0 Å². The topological polar surface area (TPSA) is 326 Å². The summed E-state index contributed by atoms with van der Waals surface area (Å²) in [6.07, 6.45) is 6.81. The molecule has 4 aliphatic carbocycles. The van der Waals surface area contributed by atoms with Crippen molar-refractivity contribution in [3.8, 4) is 0 Å². The van der Waals surface area contributed by atoms with Crippen LogP contribution < -0.4 is 21.3 Å². The Morgan fingerprint density at radius 2 is 0.989 bits per heavy atom. The molecular weight excluding hydrogens is 1350 g/mol. The van der Waals surface area contributed by atoms with Gasteiger partial charge in [0.15, 0.2) is 0 Å². The fourth-order valence-corrected chi connectivity index (χ4v) is 13.7. The van der Waals surface area contributed by atoms with Crippen molar-refractivity contribution >= 4 is 109 Å². The Hall–Kier alpha value is -5.65. The fourth-order valence-electron chi connectivity index (χ4n) is 11.3. The van der Waals surface area contributed by atoms with E-state index in [-0.39, 0.29) is 66.2 Å². The summed E-state index contributed by atoms with van der Waals surface area (Å²) >= 11 is 6.44. The molecule has 89 heavy (non-hydrogen) atoms. The van der Waals surface area contributed by atoms with Crippen LogP contribution >= 0.6 is 42.5 Å². The van der Waals surface area contributed by atoms with Gasteiger partial charge in [0.2, 0.25) is 23.6 Å². The number of likely N-dealkylation sites (tertiary alicyclic amines) is 2. The summed E-state index contributed by atoms with van der Waals surface area (Å²) in [5.74, 6) is -4.21. The van der Waals surface area contributed by atoms with E-state index in [2.05, 4.69) is 66.3 Å². The number of halogens is 3. The third kappa shape index (κ3) is 18.5. The van der Waals surface area contributed by atoms with Gasteiger partial charge in [0.1, 0.15) is 47.5 Å². The zero-order valence-corrected chi connectivity index (χ0v) is 56.7. The third-order valence-corrected chi connectivity index (χ3v) is 20.3. The van der Waals surface area contributed by atoms with Gasteiger partial charge in [-0.2, -0.15) is 8.42 Å². The number of carbonyl (C=O) groups is 8. The zero-order chi connectivity index (χ0) is 66.2. The molecule has 2 aromatic rings. The van der Waals surface area contributed by atoms with Gasteiger partial charge in [-0.05, 0) is 124 Å². The van der Waals surface area contributed by atoms with Crippen molar-refractivity contribution in [2.24, 2.45) is 22.7 Å². The molecule has 2 heterocycles. The van der Waals surface area contributed by atoms with Crippen molar-refractivity contribution < 1.29 is 83.4 Å². The molecule has 0 aromatic heterocycles. The number of rotatable bonds is 18. The average Bonchev–Trinajstić information content (AvgIpc) is 1.60. The zero-order valence-electron chi connectivity index (χ0n) is 51.1. The van der Waals surface area contributed by atoms with Crippen LogP contribution in [0.5, 0.6) is 0 Å². The standard InChI is InChI=1S/C30H40BrN3O9S.C24H37N3O7.C6H4BrClO2S/c1-6-18-16-30(18,27(37)41-5)33-25(35)23-15-21(43-44(39,40)22-13-11-19(31)12-14-22)17-34(23)26(36)24(29(2,3)4)32-28(38)42-20-9-7-8-10-20;1-6-14-12-24(14,21(31)33-5)26-19(29)17-11-15(28)13-27(17)20(30)18(23(2,3)4)25-22(32)34-16-9-7-8-10-16;7-5-1-3-6(4-2-5)11(8,9)10/h6,11-14,18,20-21,23-24H,1,7-10,15-17H2,2-5H3,(H,32,38)(H,33,35);6,14-18,28H,1,7-13H2,2-5H3,(H,25,32)(H,26,29);1-4H/t18?,21-,23-,24+,30+;14?,15-,17-,18+,24+;/m00./s1. The second-order valence-corrected chi connectivity index (χ2v) is 31.1. The van der Waals surface area contributed by atoms with E-state index in [9.17, 15) is 60.3 Å². The number of carbonyl (C=O) groups excluding carboxylic acids is 8. The van der Waals surface area contributed by atoms with E-state index in [0.717, 1.165) is 55.8 Å². The molecule has 2 aliphatic heterocycles. The second kappa shape index (κ2) is 29.7. The second-order valence-electron chi connectivity index (χ2n) is 25.2. The molecule has 6 aliphatic rings. The summed E-state index contributed by atoms with van der Waals surface area (Å²) in [6, 6.07) is 7.68. The number of ether oxygens (including phenoxy) is 4.